The molecule has 0 aliphatic heterocycles. The first-order valence-corrected chi connectivity index (χ1v) is 10.5. The topological polar surface area (TPSA) is 82.2 Å². The predicted octanol–water partition coefficient (Wildman–Crippen LogP) is 4.09. The second kappa shape index (κ2) is 9.76. The van der Waals surface area contributed by atoms with E-state index in [2.05, 4.69) is 22.4 Å². The molecule has 29 heavy (non-hydrogen) atoms. The van der Waals surface area contributed by atoms with E-state index in [1.807, 2.05) is 42.7 Å². The van der Waals surface area contributed by atoms with Gasteiger partial charge in [-0.3, -0.25) is 9.36 Å². The molecule has 0 unspecified atom stereocenters. The Morgan fingerprint density at radius 3 is 2.79 bits per heavy atom. The Balaban J connectivity index is 1.74. The Kier molecular flexibility index (Phi) is 7.11. The average Bonchev–Trinajstić information content (AvgIpc) is 3.31. The Hall–Kier alpha value is -2.58. The number of ether oxygens (including phenoxy) is 1. The summed E-state index contributed by atoms with van der Waals surface area (Å²) in [5, 5.41) is 12.3. The van der Waals surface area contributed by atoms with Crippen LogP contribution in [0.2, 0.25) is 0 Å². The van der Waals surface area contributed by atoms with Crippen LogP contribution in [-0.4, -0.2) is 40.1 Å². The first-order valence-electron chi connectivity index (χ1n) is 9.52. The fourth-order valence-corrected chi connectivity index (χ4v) is 3.87. The Morgan fingerprint density at radius 2 is 2.10 bits per heavy atom. The highest BCUT2D eigenvalue weighted by molar-refractivity contribution is 7.99. The third kappa shape index (κ3) is 4.89. The van der Waals surface area contributed by atoms with Crippen LogP contribution in [0, 0.1) is 13.8 Å². The van der Waals surface area contributed by atoms with Crippen molar-refractivity contribution >= 4 is 23.4 Å². The number of aryl methyl sites for hydroxylation is 3. The van der Waals surface area contributed by atoms with E-state index in [9.17, 15) is 4.79 Å². The minimum atomic E-state index is -0.0682. The van der Waals surface area contributed by atoms with Crippen LogP contribution in [0.15, 0.2) is 40.1 Å². The molecule has 3 aromatic rings. The zero-order valence-electron chi connectivity index (χ0n) is 17.2. The van der Waals surface area contributed by atoms with Crippen LogP contribution in [0.1, 0.15) is 23.8 Å². The standard InChI is InChI=1S/C21H26N4O3S/c1-5-16-8-6-7-14(2)19(16)22-18(26)13-29-21-24-23-20(25(21)10-12-27-4)17-9-11-28-15(17)3/h6-9,11H,5,10,12-13H2,1-4H3,(H,22,26). The number of thioether (sulfide) groups is 1. The molecule has 0 bridgehead atoms. The first kappa shape index (κ1) is 21.1. The molecule has 154 valence electrons. The molecule has 0 saturated carbocycles. The lowest BCUT2D eigenvalue weighted by Crippen LogP contribution is -2.17. The molecule has 1 amide bonds. The average molecular weight is 415 g/mol. The fraction of sp³-hybridized carbons (Fsp3) is 0.381. The molecular weight excluding hydrogens is 388 g/mol. The third-order valence-corrected chi connectivity index (χ3v) is 5.64. The summed E-state index contributed by atoms with van der Waals surface area (Å²) in [6, 6.07) is 7.92. The third-order valence-electron chi connectivity index (χ3n) is 4.67. The Morgan fingerprint density at radius 1 is 1.28 bits per heavy atom. The van der Waals surface area contributed by atoms with Gasteiger partial charge in [-0.15, -0.1) is 10.2 Å². The van der Waals surface area contributed by atoms with E-state index in [1.54, 1.807) is 13.4 Å². The van der Waals surface area contributed by atoms with Crippen molar-refractivity contribution in [3.8, 4) is 11.4 Å². The molecule has 0 fully saturated rings. The summed E-state index contributed by atoms with van der Waals surface area (Å²) in [5.74, 6) is 1.66. The van der Waals surface area contributed by atoms with Gasteiger partial charge in [0, 0.05) is 12.8 Å². The number of aromatic nitrogens is 3. The molecule has 3 rings (SSSR count). The van der Waals surface area contributed by atoms with Crippen molar-refractivity contribution in [1.29, 1.82) is 0 Å². The van der Waals surface area contributed by atoms with Crippen LogP contribution in [-0.2, 0) is 22.5 Å². The summed E-state index contributed by atoms with van der Waals surface area (Å²) < 4.78 is 12.6. The molecule has 0 spiro atoms. The summed E-state index contributed by atoms with van der Waals surface area (Å²) >= 11 is 1.36. The molecule has 7 nitrogen and oxygen atoms in total. The van der Waals surface area contributed by atoms with E-state index in [-0.39, 0.29) is 11.7 Å². The van der Waals surface area contributed by atoms with Crippen LogP contribution >= 0.6 is 11.8 Å². The molecule has 0 atom stereocenters. The minimum Gasteiger partial charge on any atom is -0.469 e. The lowest BCUT2D eigenvalue weighted by atomic mass is 10.1. The quantitative estimate of drug-likeness (QED) is 0.531. The molecular formula is C21H26N4O3S. The first-order chi connectivity index (χ1) is 14.0. The summed E-state index contributed by atoms with van der Waals surface area (Å²) in [6.07, 6.45) is 2.50. The number of nitrogens with one attached hydrogen (secondary N) is 1. The van der Waals surface area contributed by atoms with Gasteiger partial charge in [0.1, 0.15) is 5.76 Å². The molecule has 1 aromatic carbocycles. The van der Waals surface area contributed by atoms with Gasteiger partial charge in [0.05, 0.1) is 30.7 Å². The van der Waals surface area contributed by atoms with Gasteiger partial charge < -0.3 is 14.5 Å². The molecule has 2 heterocycles. The summed E-state index contributed by atoms with van der Waals surface area (Å²) in [4.78, 5) is 12.6. The Labute approximate surface area is 174 Å². The van der Waals surface area contributed by atoms with Gasteiger partial charge in [-0.1, -0.05) is 36.9 Å². The number of hydrogen-bond acceptors (Lipinski definition) is 6. The summed E-state index contributed by atoms with van der Waals surface area (Å²) in [5.41, 5.74) is 3.97. The van der Waals surface area contributed by atoms with Gasteiger partial charge in [0.2, 0.25) is 5.91 Å². The van der Waals surface area contributed by atoms with Crippen molar-refractivity contribution in [3.63, 3.8) is 0 Å². The molecule has 0 saturated heterocycles. The SMILES string of the molecule is CCc1cccc(C)c1NC(=O)CSc1nnc(-c2ccoc2C)n1CCOC. The molecule has 0 aliphatic rings. The lowest BCUT2D eigenvalue weighted by Gasteiger charge is -2.13. The number of rotatable bonds is 9. The number of carbonyl (C=O) groups is 1. The number of carbonyl (C=O) groups excluding carboxylic acids is 1. The minimum absolute atomic E-state index is 0.0682. The smallest absolute Gasteiger partial charge is 0.234 e. The van der Waals surface area contributed by atoms with E-state index in [4.69, 9.17) is 9.15 Å². The lowest BCUT2D eigenvalue weighted by molar-refractivity contribution is -0.113. The molecule has 2 aromatic heterocycles. The largest absolute Gasteiger partial charge is 0.469 e. The highest BCUT2D eigenvalue weighted by atomic mass is 32.2. The van der Waals surface area contributed by atoms with E-state index < -0.39 is 0 Å². The number of methoxy groups -OCH3 is 1. The fourth-order valence-electron chi connectivity index (χ4n) is 3.10. The van der Waals surface area contributed by atoms with Gasteiger partial charge in [-0.2, -0.15) is 0 Å². The molecule has 0 radical (unpaired) electrons. The normalized spacial score (nSPS) is 11.0. The van der Waals surface area contributed by atoms with E-state index in [0.717, 1.165) is 34.6 Å². The van der Waals surface area contributed by atoms with Crippen LogP contribution in [0.4, 0.5) is 5.69 Å². The number of hydrogen-bond donors (Lipinski definition) is 1. The van der Waals surface area contributed by atoms with Gasteiger partial charge in [-0.05, 0) is 37.5 Å². The van der Waals surface area contributed by atoms with Gasteiger partial charge in [0.25, 0.3) is 0 Å². The molecule has 8 heteroatoms. The zero-order valence-corrected chi connectivity index (χ0v) is 18.0. The van der Waals surface area contributed by atoms with Crippen LogP contribution in [0.25, 0.3) is 11.4 Å². The van der Waals surface area contributed by atoms with E-state index in [0.29, 0.717) is 24.1 Å². The van der Waals surface area contributed by atoms with Crippen molar-refractivity contribution in [1.82, 2.24) is 14.8 Å². The molecule has 0 aliphatic carbocycles. The second-order valence-electron chi connectivity index (χ2n) is 6.64. The van der Waals surface area contributed by atoms with Gasteiger partial charge in [-0.25, -0.2) is 0 Å². The maximum Gasteiger partial charge on any atom is 0.234 e. The maximum atomic E-state index is 12.6. The van der Waals surface area contributed by atoms with Crippen molar-refractivity contribution in [2.24, 2.45) is 0 Å². The van der Waals surface area contributed by atoms with E-state index >= 15 is 0 Å². The predicted molar refractivity (Wildman–Crippen MR) is 114 cm³/mol. The number of amides is 1. The van der Waals surface area contributed by atoms with Crippen molar-refractivity contribution in [2.45, 2.75) is 38.9 Å². The monoisotopic (exact) mass is 414 g/mol. The second-order valence-corrected chi connectivity index (χ2v) is 7.58. The number of furan rings is 1. The van der Waals surface area contributed by atoms with Crippen LogP contribution in [0.5, 0.6) is 0 Å². The van der Waals surface area contributed by atoms with Crippen molar-refractivity contribution in [3.05, 3.63) is 47.4 Å². The van der Waals surface area contributed by atoms with Crippen LogP contribution in [0.3, 0.4) is 0 Å². The number of benzene rings is 1. The van der Waals surface area contributed by atoms with Gasteiger partial charge in [0.15, 0.2) is 11.0 Å². The van der Waals surface area contributed by atoms with E-state index in [1.165, 1.54) is 11.8 Å². The van der Waals surface area contributed by atoms with Crippen molar-refractivity contribution in [2.75, 3.05) is 24.8 Å². The van der Waals surface area contributed by atoms with Crippen LogP contribution < -0.4 is 5.32 Å². The molecule has 1 N–H and O–H groups in total. The number of anilines is 1. The number of para-hydroxylation sites is 1. The summed E-state index contributed by atoms with van der Waals surface area (Å²) in [6.45, 7) is 7.08. The summed E-state index contributed by atoms with van der Waals surface area (Å²) in [7, 11) is 1.65. The highest BCUT2D eigenvalue weighted by Gasteiger charge is 2.18. The maximum absolute atomic E-state index is 12.6. The zero-order chi connectivity index (χ0) is 20.8. The highest BCUT2D eigenvalue weighted by Crippen LogP contribution is 2.27. The van der Waals surface area contributed by atoms with Crippen molar-refractivity contribution < 1.29 is 13.9 Å². The van der Waals surface area contributed by atoms with Gasteiger partial charge >= 0.3 is 0 Å². The number of nitrogens with zero attached hydrogens (tertiary/aromatic N) is 3. The Bertz CT molecular complexity index is 980.